The Hall–Kier alpha value is -4.39. The van der Waals surface area contributed by atoms with Crippen LogP contribution < -0.4 is 15.1 Å². The molecule has 1 unspecified atom stereocenters. The first-order valence-corrected chi connectivity index (χ1v) is 11.0. The highest BCUT2D eigenvalue weighted by atomic mass is 16.5. The summed E-state index contributed by atoms with van der Waals surface area (Å²) in [5, 5.41) is 6.20. The molecule has 5 aromatic rings. The number of aryl methyl sites for hydroxylation is 1. The van der Waals surface area contributed by atoms with Gasteiger partial charge in [-0.1, -0.05) is 47.6 Å². The van der Waals surface area contributed by atoms with Crippen molar-refractivity contribution in [3.05, 3.63) is 99.6 Å². The number of rotatable bonds is 4. The number of fused-ring (bicyclic) bond motifs is 4. The molecular weight excluding hydrogens is 432 g/mol. The molecule has 7 nitrogen and oxygen atoms in total. The maximum absolute atomic E-state index is 13.8. The zero-order valence-electron chi connectivity index (χ0n) is 18.6. The van der Waals surface area contributed by atoms with Gasteiger partial charge in [-0.25, -0.2) is 0 Å². The van der Waals surface area contributed by atoms with Crippen LogP contribution in [-0.2, 0) is 0 Å². The van der Waals surface area contributed by atoms with Gasteiger partial charge in [-0.2, -0.15) is 0 Å². The molecule has 34 heavy (non-hydrogen) atoms. The molecule has 168 valence electrons. The average molecular weight is 452 g/mol. The lowest BCUT2D eigenvalue weighted by atomic mass is 9.97. The van der Waals surface area contributed by atoms with Crippen molar-refractivity contribution in [2.24, 2.45) is 0 Å². The van der Waals surface area contributed by atoms with Crippen LogP contribution in [0, 0.1) is 6.92 Å². The Bertz CT molecular complexity index is 1630. The zero-order chi connectivity index (χ0) is 23.4. The van der Waals surface area contributed by atoms with E-state index in [9.17, 15) is 9.59 Å². The first-order chi connectivity index (χ1) is 16.6. The van der Waals surface area contributed by atoms with Gasteiger partial charge < -0.3 is 13.7 Å². The van der Waals surface area contributed by atoms with Crippen LogP contribution in [0.1, 0.15) is 40.4 Å². The minimum atomic E-state index is -0.713. The van der Waals surface area contributed by atoms with E-state index in [1.165, 1.54) is 4.90 Å². The van der Waals surface area contributed by atoms with Crippen molar-refractivity contribution >= 4 is 33.5 Å². The second kappa shape index (κ2) is 7.59. The Morgan fingerprint density at radius 1 is 1.00 bits per heavy atom. The molecule has 1 aliphatic heterocycles. The highest BCUT2D eigenvalue weighted by Gasteiger charge is 2.45. The van der Waals surface area contributed by atoms with Gasteiger partial charge in [-0.15, -0.1) is 0 Å². The number of ether oxygens (including phenoxy) is 1. The molecule has 1 aliphatic rings. The van der Waals surface area contributed by atoms with Crippen molar-refractivity contribution in [3.8, 4) is 5.75 Å². The molecule has 0 fully saturated rings. The minimum Gasteiger partial charge on any atom is -0.494 e. The highest BCUT2D eigenvalue weighted by molar-refractivity contribution is 6.12. The fourth-order valence-corrected chi connectivity index (χ4v) is 4.63. The summed E-state index contributed by atoms with van der Waals surface area (Å²) in [6.07, 6.45) is 0. The molecule has 0 aliphatic carbocycles. The predicted molar refractivity (Wildman–Crippen MR) is 127 cm³/mol. The number of carbonyl (C=O) groups excluding carboxylic acids is 1. The predicted octanol–water partition coefficient (Wildman–Crippen LogP) is 5.39. The van der Waals surface area contributed by atoms with Crippen molar-refractivity contribution in [2.75, 3.05) is 11.5 Å². The third kappa shape index (κ3) is 2.94. The van der Waals surface area contributed by atoms with Gasteiger partial charge in [0.25, 0.3) is 5.91 Å². The van der Waals surface area contributed by atoms with Gasteiger partial charge in [0.2, 0.25) is 5.76 Å². The van der Waals surface area contributed by atoms with Crippen molar-refractivity contribution in [1.29, 1.82) is 0 Å². The molecule has 1 amide bonds. The van der Waals surface area contributed by atoms with Crippen LogP contribution in [0.15, 0.2) is 80.5 Å². The second-order valence-corrected chi connectivity index (χ2v) is 8.21. The maximum atomic E-state index is 13.8. The smallest absolute Gasteiger partial charge is 0.296 e. The Balaban J connectivity index is 1.63. The number of anilines is 1. The molecule has 2 aromatic heterocycles. The molecule has 0 spiro atoms. The molecule has 0 N–H and O–H groups in total. The molecule has 0 bridgehead atoms. The lowest BCUT2D eigenvalue weighted by Gasteiger charge is -2.22. The molecule has 0 saturated heterocycles. The van der Waals surface area contributed by atoms with Gasteiger partial charge in [0, 0.05) is 11.5 Å². The van der Waals surface area contributed by atoms with E-state index in [1.807, 2.05) is 61.5 Å². The average Bonchev–Trinajstić information content (AvgIpc) is 3.40. The van der Waals surface area contributed by atoms with E-state index in [-0.39, 0.29) is 16.8 Å². The Morgan fingerprint density at radius 2 is 1.79 bits per heavy atom. The first-order valence-electron chi connectivity index (χ1n) is 11.0. The Kier molecular flexibility index (Phi) is 4.52. The van der Waals surface area contributed by atoms with Crippen LogP contribution in [0.3, 0.4) is 0 Å². The van der Waals surface area contributed by atoms with Crippen LogP contribution in [0.4, 0.5) is 5.82 Å². The summed E-state index contributed by atoms with van der Waals surface area (Å²) in [4.78, 5) is 29.0. The number of nitrogens with zero attached hydrogens (tertiary/aromatic N) is 2. The van der Waals surface area contributed by atoms with Crippen molar-refractivity contribution in [2.45, 2.75) is 19.9 Å². The summed E-state index contributed by atoms with van der Waals surface area (Å²) in [5.41, 5.74) is 1.19. The molecule has 3 aromatic carbocycles. The molecule has 1 atom stereocenters. The monoisotopic (exact) mass is 452 g/mol. The third-order valence-corrected chi connectivity index (χ3v) is 6.13. The summed E-state index contributed by atoms with van der Waals surface area (Å²) in [6.45, 7) is 4.20. The van der Waals surface area contributed by atoms with E-state index >= 15 is 0 Å². The van der Waals surface area contributed by atoms with E-state index < -0.39 is 11.9 Å². The van der Waals surface area contributed by atoms with Gasteiger partial charge >= 0.3 is 0 Å². The first kappa shape index (κ1) is 20.2. The number of benzene rings is 3. The summed E-state index contributed by atoms with van der Waals surface area (Å²) in [5.74, 6) is 1.17. The van der Waals surface area contributed by atoms with Gasteiger partial charge in [-0.05, 0) is 43.0 Å². The molecule has 0 radical (unpaired) electrons. The minimum absolute atomic E-state index is 0.0217. The van der Waals surface area contributed by atoms with Crippen molar-refractivity contribution < 1.29 is 18.5 Å². The van der Waals surface area contributed by atoms with Gasteiger partial charge in [-0.3, -0.25) is 14.5 Å². The Morgan fingerprint density at radius 3 is 2.53 bits per heavy atom. The van der Waals surface area contributed by atoms with Gasteiger partial charge in [0.05, 0.1) is 23.6 Å². The molecule has 3 heterocycles. The number of amides is 1. The highest BCUT2D eigenvalue weighted by Crippen LogP contribution is 2.42. The number of aromatic nitrogens is 1. The summed E-state index contributed by atoms with van der Waals surface area (Å²) < 4.78 is 17.0. The van der Waals surface area contributed by atoms with Crippen LogP contribution in [0.5, 0.6) is 5.75 Å². The maximum Gasteiger partial charge on any atom is 0.296 e. The molecule has 6 rings (SSSR count). The number of hydrogen-bond donors (Lipinski definition) is 0. The van der Waals surface area contributed by atoms with E-state index in [0.717, 1.165) is 16.3 Å². The quantitative estimate of drug-likeness (QED) is 0.340. The van der Waals surface area contributed by atoms with E-state index in [0.29, 0.717) is 34.9 Å². The zero-order valence-corrected chi connectivity index (χ0v) is 18.6. The van der Waals surface area contributed by atoms with E-state index in [4.69, 9.17) is 13.7 Å². The fourth-order valence-electron chi connectivity index (χ4n) is 4.63. The van der Waals surface area contributed by atoms with Crippen LogP contribution >= 0.6 is 0 Å². The van der Waals surface area contributed by atoms with E-state index in [2.05, 4.69) is 5.16 Å². The van der Waals surface area contributed by atoms with Crippen molar-refractivity contribution in [1.82, 2.24) is 5.16 Å². The lowest BCUT2D eigenvalue weighted by molar-refractivity contribution is 0.0969. The normalized spacial score (nSPS) is 15.3. The lowest BCUT2D eigenvalue weighted by Crippen LogP contribution is -2.29. The van der Waals surface area contributed by atoms with Gasteiger partial charge in [0.1, 0.15) is 17.1 Å². The third-order valence-electron chi connectivity index (χ3n) is 6.13. The number of carbonyl (C=O) groups is 1. The topological polar surface area (TPSA) is 85.8 Å². The van der Waals surface area contributed by atoms with E-state index in [1.54, 1.807) is 19.1 Å². The largest absolute Gasteiger partial charge is 0.494 e. The summed E-state index contributed by atoms with van der Waals surface area (Å²) >= 11 is 0. The molecular formula is C27H20N2O5. The summed E-state index contributed by atoms with van der Waals surface area (Å²) in [6, 6.07) is 19.6. The standard InChI is InChI=1S/C27H20N2O5/c1-3-32-18-11-8-17(9-12-18)23-22-24(30)20-13-10-16-6-4-5-7-19(16)25(20)33-26(22)27(31)29(23)21-14-15(2)34-28-21/h4-14,23H,3H2,1-2H3. The van der Waals surface area contributed by atoms with Crippen LogP contribution in [0.25, 0.3) is 21.7 Å². The van der Waals surface area contributed by atoms with Crippen LogP contribution in [-0.4, -0.2) is 17.7 Å². The number of hydrogen-bond acceptors (Lipinski definition) is 6. The van der Waals surface area contributed by atoms with Crippen LogP contribution in [0.2, 0.25) is 0 Å². The molecule has 7 heteroatoms. The SMILES string of the molecule is CCOc1ccc(C2c3c(oc4c(ccc5ccccc54)c3=O)C(=O)N2c2cc(C)on2)cc1. The second-order valence-electron chi connectivity index (χ2n) is 8.21. The Labute approximate surface area is 194 Å². The molecule has 0 saturated carbocycles. The fraction of sp³-hybridized carbons (Fsp3) is 0.148. The van der Waals surface area contributed by atoms with Crippen molar-refractivity contribution in [3.63, 3.8) is 0 Å². The summed E-state index contributed by atoms with van der Waals surface area (Å²) in [7, 11) is 0. The van der Waals surface area contributed by atoms with Gasteiger partial charge in [0.15, 0.2) is 11.2 Å².